The van der Waals surface area contributed by atoms with Crippen LogP contribution in [0.4, 0.5) is 0 Å². The molecular weight excluding hydrogens is 245 g/mol. The molecule has 0 radical (unpaired) electrons. The van der Waals surface area contributed by atoms with E-state index in [2.05, 4.69) is 10.3 Å². The zero-order valence-corrected chi connectivity index (χ0v) is 10.3. The zero-order chi connectivity index (χ0) is 11.5. The molecule has 0 bridgehead atoms. The molecule has 84 valence electrons. The lowest BCUT2D eigenvalue weighted by atomic mass is 10.2. The highest BCUT2D eigenvalue weighted by Gasteiger charge is 2.11. The molecule has 1 aromatic heterocycles. The SMILES string of the molecule is Cc1ccc(-n2nnc(CCl)c2CCl)cc1. The lowest BCUT2D eigenvalue weighted by molar-refractivity contribution is 0.780. The second-order valence-electron chi connectivity index (χ2n) is 3.50. The zero-order valence-electron chi connectivity index (χ0n) is 8.82. The van der Waals surface area contributed by atoms with Crippen LogP contribution < -0.4 is 0 Å². The summed E-state index contributed by atoms with van der Waals surface area (Å²) in [6.45, 7) is 2.04. The Balaban J connectivity index is 2.47. The van der Waals surface area contributed by atoms with Crippen LogP contribution >= 0.6 is 23.2 Å². The first-order chi connectivity index (χ1) is 7.76. The maximum Gasteiger partial charge on any atom is 0.102 e. The molecule has 0 atom stereocenters. The monoisotopic (exact) mass is 255 g/mol. The van der Waals surface area contributed by atoms with Gasteiger partial charge < -0.3 is 0 Å². The summed E-state index contributed by atoms with van der Waals surface area (Å²) in [7, 11) is 0. The third-order valence-electron chi connectivity index (χ3n) is 2.38. The summed E-state index contributed by atoms with van der Waals surface area (Å²) in [5.41, 5.74) is 3.73. The van der Waals surface area contributed by atoms with Gasteiger partial charge in [-0.25, -0.2) is 4.68 Å². The molecule has 0 aliphatic rings. The largest absolute Gasteiger partial charge is 0.216 e. The molecule has 1 heterocycles. The molecule has 2 aromatic rings. The van der Waals surface area contributed by atoms with Crippen LogP contribution in [0.1, 0.15) is 17.0 Å². The highest BCUT2D eigenvalue weighted by molar-refractivity contribution is 6.18. The van der Waals surface area contributed by atoms with Crippen LogP contribution in [0.2, 0.25) is 0 Å². The highest BCUT2D eigenvalue weighted by Crippen LogP contribution is 2.16. The van der Waals surface area contributed by atoms with Crippen LogP contribution in [0.3, 0.4) is 0 Å². The van der Waals surface area contributed by atoms with Gasteiger partial charge in [-0.15, -0.1) is 28.3 Å². The van der Waals surface area contributed by atoms with E-state index in [4.69, 9.17) is 23.2 Å². The summed E-state index contributed by atoms with van der Waals surface area (Å²) in [5.74, 6) is 0.677. The molecule has 2 rings (SSSR count). The lowest BCUT2D eigenvalue weighted by Gasteiger charge is -2.04. The van der Waals surface area contributed by atoms with Gasteiger partial charge in [0.15, 0.2) is 0 Å². The Labute approximate surface area is 104 Å². The van der Waals surface area contributed by atoms with Crippen molar-refractivity contribution < 1.29 is 0 Å². The van der Waals surface area contributed by atoms with Crippen molar-refractivity contribution >= 4 is 23.2 Å². The van der Waals surface area contributed by atoms with Crippen LogP contribution in [0.15, 0.2) is 24.3 Å². The number of nitrogens with zero attached hydrogens (tertiary/aromatic N) is 3. The van der Waals surface area contributed by atoms with Crippen LogP contribution in [0.5, 0.6) is 0 Å². The van der Waals surface area contributed by atoms with Crippen LogP contribution in [0.25, 0.3) is 5.69 Å². The van der Waals surface area contributed by atoms with E-state index in [1.807, 2.05) is 31.2 Å². The molecule has 16 heavy (non-hydrogen) atoms. The molecule has 1 aromatic carbocycles. The fraction of sp³-hybridized carbons (Fsp3) is 0.273. The van der Waals surface area contributed by atoms with E-state index in [0.29, 0.717) is 11.8 Å². The van der Waals surface area contributed by atoms with Crippen molar-refractivity contribution in [1.29, 1.82) is 0 Å². The topological polar surface area (TPSA) is 30.7 Å². The minimum absolute atomic E-state index is 0.327. The molecule has 0 unspecified atom stereocenters. The van der Waals surface area contributed by atoms with E-state index in [1.54, 1.807) is 4.68 Å². The van der Waals surface area contributed by atoms with Gasteiger partial charge in [0, 0.05) is 0 Å². The number of aryl methyl sites for hydroxylation is 1. The first kappa shape index (κ1) is 11.4. The average Bonchev–Trinajstić information content (AvgIpc) is 2.72. The third kappa shape index (κ3) is 2.06. The molecule has 3 nitrogen and oxygen atoms in total. The third-order valence-corrected chi connectivity index (χ3v) is 2.88. The van der Waals surface area contributed by atoms with E-state index >= 15 is 0 Å². The van der Waals surface area contributed by atoms with E-state index in [9.17, 15) is 0 Å². The first-order valence-electron chi connectivity index (χ1n) is 4.88. The molecule has 0 N–H and O–H groups in total. The second kappa shape index (κ2) is 4.85. The second-order valence-corrected chi connectivity index (χ2v) is 4.03. The first-order valence-corrected chi connectivity index (χ1v) is 5.95. The smallest absolute Gasteiger partial charge is 0.102 e. The Morgan fingerprint density at radius 3 is 2.38 bits per heavy atom. The Morgan fingerprint density at radius 1 is 1.12 bits per heavy atom. The molecule has 0 aliphatic heterocycles. The molecule has 0 saturated heterocycles. The number of halogens is 2. The van der Waals surface area contributed by atoms with Gasteiger partial charge in [-0.05, 0) is 19.1 Å². The number of benzene rings is 1. The molecule has 0 saturated carbocycles. The van der Waals surface area contributed by atoms with Gasteiger partial charge in [0.05, 0.1) is 23.1 Å². The Kier molecular flexibility index (Phi) is 3.46. The summed E-state index contributed by atoms with van der Waals surface area (Å²) < 4.78 is 1.73. The normalized spacial score (nSPS) is 10.7. The quantitative estimate of drug-likeness (QED) is 0.790. The van der Waals surface area contributed by atoms with Gasteiger partial charge in [0.25, 0.3) is 0 Å². The van der Waals surface area contributed by atoms with E-state index in [-0.39, 0.29) is 0 Å². The van der Waals surface area contributed by atoms with Crippen molar-refractivity contribution in [3.8, 4) is 5.69 Å². The highest BCUT2D eigenvalue weighted by atomic mass is 35.5. The van der Waals surface area contributed by atoms with Crippen molar-refractivity contribution in [3.63, 3.8) is 0 Å². The van der Waals surface area contributed by atoms with Crippen molar-refractivity contribution in [3.05, 3.63) is 41.2 Å². The van der Waals surface area contributed by atoms with Gasteiger partial charge in [0.2, 0.25) is 0 Å². The van der Waals surface area contributed by atoms with Gasteiger partial charge in [-0.2, -0.15) is 0 Å². The summed E-state index contributed by atoms with van der Waals surface area (Å²) in [6.07, 6.45) is 0. The molecule has 0 amide bonds. The number of alkyl halides is 2. The molecular formula is C11H11Cl2N3. The van der Waals surface area contributed by atoms with Crippen molar-refractivity contribution in [2.75, 3.05) is 0 Å². The average molecular weight is 256 g/mol. The fourth-order valence-corrected chi connectivity index (χ4v) is 1.94. The molecule has 0 aliphatic carbocycles. The summed E-state index contributed by atoms with van der Waals surface area (Å²) >= 11 is 11.6. The van der Waals surface area contributed by atoms with Gasteiger partial charge in [0.1, 0.15) is 5.69 Å². The van der Waals surface area contributed by atoms with E-state index in [1.165, 1.54) is 5.56 Å². The summed E-state index contributed by atoms with van der Waals surface area (Å²) in [4.78, 5) is 0. The fourth-order valence-electron chi connectivity index (χ4n) is 1.46. The Bertz CT molecular complexity index is 476. The maximum atomic E-state index is 5.88. The lowest BCUT2D eigenvalue weighted by Crippen LogP contribution is -2.01. The van der Waals surface area contributed by atoms with Crippen LogP contribution in [0, 0.1) is 6.92 Å². The molecule has 5 heteroatoms. The van der Waals surface area contributed by atoms with Gasteiger partial charge in [-0.3, -0.25) is 0 Å². The summed E-state index contributed by atoms with van der Waals surface area (Å²) in [5, 5.41) is 8.06. The van der Waals surface area contributed by atoms with E-state index < -0.39 is 0 Å². The number of aromatic nitrogens is 3. The minimum Gasteiger partial charge on any atom is -0.216 e. The minimum atomic E-state index is 0.327. The van der Waals surface area contributed by atoms with Gasteiger partial charge in [-0.1, -0.05) is 22.9 Å². The van der Waals surface area contributed by atoms with Crippen molar-refractivity contribution in [1.82, 2.24) is 15.0 Å². The van der Waals surface area contributed by atoms with Crippen LogP contribution in [-0.2, 0) is 11.8 Å². The van der Waals surface area contributed by atoms with Crippen molar-refractivity contribution in [2.45, 2.75) is 18.7 Å². The number of hydrogen-bond donors (Lipinski definition) is 0. The Hall–Kier alpha value is -1.06. The van der Waals surface area contributed by atoms with Crippen molar-refractivity contribution in [2.24, 2.45) is 0 Å². The number of hydrogen-bond acceptors (Lipinski definition) is 2. The molecule has 0 fully saturated rings. The Morgan fingerprint density at radius 2 is 1.81 bits per heavy atom. The summed E-state index contributed by atoms with van der Waals surface area (Å²) in [6, 6.07) is 8.01. The standard InChI is InChI=1S/C11H11Cl2N3/c1-8-2-4-9(5-3-8)16-11(7-13)10(6-12)14-15-16/h2-5H,6-7H2,1H3. The maximum absolute atomic E-state index is 5.88. The molecule has 0 spiro atoms. The predicted molar refractivity (Wildman–Crippen MR) is 65.2 cm³/mol. The predicted octanol–water partition coefficient (Wildman–Crippen LogP) is 3.05. The van der Waals surface area contributed by atoms with Gasteiger partial charge >= 0.3 is 0 Å². The van der Waals surface area contributed by atoms with Crippen LogP contribution in [-0.4, -0.2) is 15.0 Å². The van der Waals surface area contributed by atoms with E-state index in [0.717, 1.165) is 17.1 Å². The number of rotatable bonds is 3.